The number of nitrogens with one attached hydrogen (secondary N) is 1. The Hall–Kier alpha value is -2.22. The summed E-state index contributed by atoms with van der Waals surface area (Å²) in [6.07, 6.45) is 2.18. The number of aryl methyl sites for hydroxylation is 3. The standard InChI is InChI=1S/C20H22N2/c1-13-7-10-17-12-18(21-22-14(2)8-9-15(22)3)11-16-5-4-6-19(13)20(16)17/h4-10,18,21H,11-12H2,1-3H3. The third-order valence-electron chi connectivity index (χ3n) is 4.95. The fourth-order valence-corrected chi connectivity index (χ4v) is 3.80. The van der Waals surface area contributed by atoms with Crippen LogP contribution in [0.5, 0.6) is 0 Å². The molecule has 0 spiro atoms. The average molecular weight is 290 g/mol. The van der Waals surface area contributed by atoms with Crippen LogP contribution in [0.15, 0.2) is 42.5 Å². The number of aromatic nitrogens is 1. The first-order valence-corrected chi connectivity index (χ1v) is 8.05. The molecule has 1 aliphatic carbocycles. The number of rotatable bonds is 2. The molecule has 0 saturated heterocycles. The maximum atomic E-state index is 3.71. The zero-order chi connectivity index (χ0) is 15.3. The van der Waals surface area contributed by atoms with E-state index < -0.39 is 0 Å². The van der Waals surface area contributed by atoms with Crippen LogP contribution in [0.2, 0.25) is 0 Å². The van der Waals surface area contributed by atoms with E-state index in [0.717, 1.165) is 12.8 Å². The summed E-state index contributed by atoms with van der Waals surface area (Å²) in [7, 11) is 0. The highest BCUT2D eigenvalue weighted by molar-refractivity contribution is 5.92. The topological polar surface area (TPSA) is 17.0 Å². The zero-order valence-electron chi connectivity index (χ0n) is 13.5. The normalized spacial score (nSPS) is 17.0. The van der Waals surface area contributed by atoms with Crippen LogP contribution in [0.4, 0.5) is 0 Å². The van der Waals surface area contributed by atoms with E-state index in [1.807, 2.05) is 0 Å². The third-order valence-corrected chi connectivity index (χ3v) is 4.95. The Morgan fingerprint density at radius 3 is 2.27 bits per heavy atom. The molecule has 1 N–H and O–H groups in total. The van der Waals surface area contributed by atoms with Crippen LogP contribution >= 0.6 is 0 Å². The summed E-state index contributed by atoms with van der Waals surface area (Å²) in [4.78, 5) is 0. The maximum absolute atomic E-state index is 3.71. The van der Waals surface area contributed by atoms with E-state index in [9.17, 15) is 0 Å². The van der Waals surface area contributed by atoms with Gasteiger partial charge in [0.05, 0.1) is 6.04 Å². The van der Waals surface area contributed by atoms with Crippen molar-refractivity contribution in [1.82, 2.24) is 4.68 Å². The van der Waals surface area contributed by atoms with E-state index in [1.54, 1.807) is 0 Å². The van der Waals surface area contributed by atoms with Gasteiger partial charge in [0.15, 0.2) is 0 Å². The van der Waals surface area contributed by atoms with Crippen LogP contribution in [-0.4, -0.2) is 10.7 Å². The Balaban J connectivity index is 1.73. The first-order chi connectivity index (χ1) is 10.6. The van der Waals surface area contributed by atoms with Gasteiger partial charge in [0.2, 0.25) is 0 Å². The van der Waals surface area contributed by atoms with Crippen LogP contribution in [0.3, 0.4) is 0 Å². The molecular formula is C20H22N2. The minimum absolute atomic E-state index is 0.450. The Bertz CT molecular complexity index is 826. The van der Waals surface area contributed by atoms with Gasteiger partial charge in [-0.25, -0.2) is 0 Å². The van der Waals surface area contributed by atoms with Crippen molar-refractivity contribution in [2.45, 2.75) is 39.7 Å². The van der Waals surface area contributed by atoms with Gasteiger partial charge in [-0.15, -0.1) is 0 Å². The van der Waals surface area contributed by atoms with Gasteiger partial charge < -0.3 is 5.43 Å². The predicted octanol–water partition coefficient (Wildman–Crippen LogP) is 4.28. The lowest BCUT2D eigenvalue weighted by Gasteiger charge is -2.29. The smallest absolute Gasteiger partial charge is 0.0505 e. The molecule has 2 nitrogen and oxygen atoms in total. The largest absolute Gasteiger partial charge is 0.322 e. The highest BCUT2D eigenvalue weighted by atomic mass is 15.4. The summed E-state index contributed by atoms with van der Waals surface area (Å²) in [6, 6.07) is 16.1. The summed E-state index contributed by atoms with van der Waals surface area (Å²) >= 11 is 0. The van der Waals surface area contributed by atoms with Crippen molar-refractivity contribution in [3.63, 3.8) is 0 Å². The van der Waals surface area contributed by atoms with Gasteiger partial charge in [-0.1, -0.05) is 30.3 Å². The molecule has 0 amide bonds. The van der Waals surface area contributed by atoms with E-state index in [0.29, 0.717) is 6.04 Å². The monoisotopic (exact) mass is 290 g/mol. The quantitative estimate of drug-likeness (QED) is 0.745. The molecule has 112 valence electrons. The Labute approximate surface area is 131 Å². The Kier molecular flexibility index (Phi) is 3.00. The third kappa shape index (κ3) is 2.02. The van der Waals surface area contributed by atoms with Gasteiger partial charge in [0.25, 0.3) is 0 Å². The molecule has 1 heterocycles. The van der Waals surface area contributed by atoms with Crippen molar-refractivity contribution in [3.05, 3.63) is 70.5 Å². The maximum Gasteiger partial charge on any atom is 0.0505 e. The summed E-state index contributed by atoms with van der Waals surface area (Å²) in [5.41, 5.74) is 10.6. The lowest BCUT2D eigenvalue weighted by molar-refractivity contribution is 0.609. The highest BCUT2D eigenvalue weighted by Gasteiger charge is 2.21. The van der Waals surface area contributed by atoms with Crippen molar-refractivity contribution < 1.29 is 0 Å². The molecule has 0 aliphatic heterocycles. The molecule has 0 saturated carbocycles. The van der Waals surface area contributed by atoms with E-state index in [1.165, 1.54) is 38.9 Å². The minimum atomic E-state index is 0.450. The first kappa shape index (κ1) is 13.4. The molecule has 1 aromatic heterocycles. The molecule has 2 aromatic carbocycles. The second kappa shape index (κ2) is 4.91. The molecule has 2 heteroatoms. The van der Waals surface area contributed by atoms with E-state index in [-0.39, 0.29) is 0 Å². The van der Waals surface area contributed by atoms with Gasteiger partial charge in [0.1, 0.15) is 0 Å². The van der Waals surface area contributed by atoms with Crippen molar-refractivity contribution in [1.29, 1.82) is 0 Å². The van der Waals surface area contributed by atoms with Crippen LogP contribution < -0.4 is 5.43 Å². The van der Waals surface area contributed by atoms with Gasteiger partial charge in [-0.2, -0.15) is 0 Å². The van der Waals surface area contributed by atoms with Crippen molar-refractivity contribution in [2.24, 2.45) is 0 Å². The molecule has 4 rings (SSSR count). The van der Waals surface area contributed by atoms with Gasteiger partial charge in [-0.3, -0.25) is 4.68 Å². The van der Waals surface area contributed by atoms with Crippen LogP contribution in [0, 0.1) is 20.8 Å². The summed E-state index contributed by atoms with van der Waals surface area (Å²) in [5.74, 6) is 0. The van der Waals surface area contributed by atoms with Crippen molar-refractivity contribution in [2.75, 3.05) is 5.43 Å². The van der Waals surface area contributed by atoms with Gasteiger partial charge >= 0.3 is 0 Å². The molecule has 0 radical (unpaired) electrons. The second-order valence-corrected chi connectivity index (χ2v) is 6.57. The number of hydrogen-bond acceptors (Lipinski definition) is 1. The Morgan fingerprint density at radius 2 is 1.55 bits per heavy atom. The lowest BCUT2D eigenvalue weighted by Crippen LogP contribution is -2.35. The summed E-state index contributed by atoms with van der Waals surface area (Å²) in [6.45, 7) is 6.52. The molecule has 22 heavy (non-hydrogen) atoms. The fraction of sp³-hybridized carbons (Fsp3) is 0.300. The molecule has 1 atom stereocenters. The number of benzene rings is 2. The Morgan fingerprint density at radius 1 is 0.864 bits per heavy atom. The second-order valence-electron chi connectivity index (χ2n) is 6.57. The summed E-state index contributed by atoms with van der Waals surface area (Å²) < 4.78 is 2.23. The molecule has 3 aromatic rings. The predicted molar refractivity (Wildman–Crippen MR) is 93.1 cm³/mol. The highest BCUT2D eigenvalue weighted by Crippen LogP contribution is 2.32. The van der Waals surface area contributed by atoms with Crippen molar-refractivity contribution >= 4 is 10.8 Å². The average Bonchev–Trinajstić information content (AvgIpc) is 2.83. The molecule has 0 bridgehead atoms. The SMILES string of the molecule is Cc1ccc2c3c(cccc13)CC(Nn1c(C)ccc1C)C2. The zero-order valence-corrected chi connectivity index (χ0v) is 13.5. The van der Waals surface area contributed by atoms with Gasteiger partial charge in [-0.05, 0) is 73.2 Å². The van der Waals surface area contributed by atoms with Crippen molar-refractivity contribution in [3.8, 4) is 0 Å². The summed E-state index contributed by atoms with van der Waals surface area (Å²) in [5, 5.41) is 2.91. The molecular weight excluding hydrogens is 268 g/mol. The molecule has 1 aliphatic rings. The van der Waals surface area contributed by atoms with Crippen LogP contribution in [-0.2, 0) is 12.8 Å². The minimum Gasteiger partial charge on any atom is -0.322 e. The molecule has 1 unspecified atom stereocenters. The lowest BCUT2D eigenvalue weighted by atomic mass is 9.85. The van der Waals surface area contributed by atoms with E-state index in [2.05, 4.69) is 73.3 Å². The first-order valence-electron chi connectivity index (χ1n) is 8.05. The number of nitrogens with zero attached hydrogens (tertiary/aromatic N) is 1. The van der Waals surface area contributed by atoms with E-state index in [4.69, 9.17) is 0 Å². The van der Waals surface area contributed by atoms with Crippen LogP contribution in [0.1, 0.15) is 28.1 Å². The van der Waals surface area contributed by atoms with Gasteiger partial charge in [0, 0.05) is 11.4 Å². The van der Waals surface area contributed by atoms with Crippen LogP contribution in [0.25, 0.3) is 10.8 Å². The van der Waals surface area contributed by atoms with E-state index >= 15 is 0 Å². The fourth-order valence-electron chi connectivity index (χ4n) is 3.80. The number of hydrogen-bond donors (Lipinski definition) is 1. The molecule has 0 fully saturated rings.